The number of hydrogen-bond acceptors (Lipinski definition) is 3. The van der Waals surface area contributed by atoms with E-state index in [1.54, 1.807) is 7.11 Å². The third-order valence-electron chi connectivity index (χ3n) is 1.21. The smallest absolute Gasteiger partial charge is 0.0433 e. The summed E-state index contributed by atoms with van der Waals surface area (Å²) in [6.45, 7) is 8.19. The Balaban J connectivity index is -0.000000117. The van der Waals surface area contributed by atoms with Crippen LogP contribution in [0.3, 0.4) is 0 Å². The van der Waals surface area contributed by atoms with Crippen molar-refractivity contribution in [3.8, 4) is 0 Å². The second-order valence-electron chi connectivity index (χ2n) is 2.55. The molecule has 0 atom stereocenters. The van der Waals surface area contributed by atoms with Gasteiger partial charge in [-0.05, 0) is 39.6 Å². The van der Waals surface area contributed by atoms with E-state index in [1.807, 2.05) is 18.7 Å². The van der Waals surface area contributed by atoms with Gasteiger partial charge in [0.05, 0.1) is 0 Å². The monoisotopic (exact) mass is 209 g/mol. The molecule has 0 saturated carbocycles. The molecule has 13 heavy (non-hydrogen) atoms. The fraction of sp³-hybridized carbons (Fsp3) is 1.00. The maximum Gasteiger partial charge on any atom is 0.0433 e. The first-order valence-corrected chi connectivity index (χ1v) is 6.12. The summed E-state index contributed by atoms with van der Waals surface area (Å²) >= 11 is 1.86. The number of ether oxygens (including phenoxy) is 1. The summed E-state index contributed by atoms with van der Waals surface area (Å²) in [7, 11) is 5.79. The number of nitrogens with zero attached hydrogens (tertiary/aromatic N) is 1. The molecule has 0 saturated heterocycles. The molecule has 0 amide bonds. The number of methoxy groups -OCH3 is 1. The molecule has 0 N–H and O–H groups in total. The van der Waals surface area contributed by atoms with E-state index in [2.05, 4.69) is 43.8 Å². The van der Waals surface area contributed by atoms with Crippen LogP contribution in [0.1, 0.15) is 20.8 Å². The van der Waals surface area contributed by atoms with E-state index in [0.717, 1.165) is 13.2 Å². The minimum atomic E-state index is 0.819. The molecule has 0 radical (unpaired) electrons. The van der Waals surface area contributed by atoms with Crippen molar-refractivity contribution in [2.75, 3.05) is 46.4 Å². The lowest BCUT2D eigenvalue weighted by molar-refractivity contribution is 0.215. The fourth-order valence-corrected chi connectivity index (χ4v) is 0. The van der Waals surface area contributed by atoms with Gasteiger partial charge in [-0.1, -0.05) is 13.8 Å². The standard InChI is InChI=1S/C4H11N.C3H8O.C3H8S/c1-4-5(2)3;2*1-3-4-2/h4H2,1-3H3;2*3H2,1-2H3. The lowest BCUT2D eigenvalue weighted by atomic mass is 10.7. The molecular weight excluding hydrogens is 182 g/mol. The Kier molecular flexibility index (Phi) is 33.2. The highest BCUT2D eigenvalue weighted by Gasteiger charge is 1.72. The third kappa shape index (κ3) is 71.0. The highest BCUT2D eigenvalue weighted by Crippen LogP contribution is 1.83. The van der Waals surface area contributed by atoms with Gasteiger partial charge in [0, 0.05) is 13.7 Å². The maximum absolute atomic E-state index is 4.54. The second kappa shape index (κ2) is 22.8. The highest BCUT2D eigenvalue weighted by atomic mass is 32.2. The van der Waals surface area contributed by atoms with Gasteiger partial charge in [0.25, 0.3) is 0 Å². The van der Waals surface area contributed by atoms with Crippen LogP contribution < -0.4 is 0 Å². The molecule has 0 aromatic rings. The zero-order chi connectivity index (χ0) is 11.1. The third-order valence-corrected chi connectivity index (χ3v) is 1.79. The predicted octanol–water partition coefficient (Wildman–Crippen LogP) is 2.59. The van der Waals surface area contributed by atoms with E-state index >= 15 is 0 Å². The van der Waals surface area contributed by atoms with Crippen LogP contribution in [-0.4, -0.2) is 51.3 Å². The first-order valence-electron chi connectivity index (χ1n) is 4.73. The molecule has 84 valence electrons. The van der Waals surface area contributed by atoms with Gasteiger partial charge in [-0.15, -0.1) is 0 Å². The minimum absolute atomic E-state index is 0.819. The van der Waals surface area contributed by atoms with Crippen molar-refractivity contribution in [2.24, 2.45) is 0 Å². The Labute approximate surface area is 89.0 Å². The quantitative estimate of drug-likeness (QED) is 0.709. The first kappa shape index (κ1) is 18.9. The van der Waals surface area contributed by atoms with Gasteiger partial charge in [-0.25, -0.2) is 0 Å². The van der Waals surface area contributed by atoms with E-state index in [0.29, 0.717) is 0 Å². The second-order valence-corrected chi connectivity index (χ2v) is 3.71. The van der Waals surface area contributed by atoms with E-state index in [-0.39, 0.29) is 0 Å². The Morgan fingerprint density at radius 1 is 1.15 bits per heavy atom. The average Bonchev–Trinajstić information content (AvgIpc) is 2.18. The average molecular weight is 209 g/mol. The molecule has 0 bridgehead atoms. The molecule has 0 heterocycles. The summed E-state index contributed by atoms with van der Waals surface area (Å²) in [4.78, 5) is 2.12. The van der Waals surface area contributed by atoms with Crippen LogP contribution in [0, 0.1) is 0 Å². The van der Waals surface area contributed by atoms with Crippen LogP contribution in [0.2, 0.25) is 0 Å². The van der Waals surface area contributed by atoms with E-state index < -0.39 is 0 Å². The number of hydrogen-bond donors (Lipinski definition) is 0. The summed E-state index contributed by atoms with van der Waals surface area (Å²) in [6, 6.07) is 0. The molecule has 0 aliphatic carbocycles. The summed E-state index contributed by atoms with van der Waals surface area (Å²) in [5.41, 5.74) is 0. The largest absolute Gasteiger partial charge is 0.385 e. The molecule has 0 rings (SSSR count). The van der Waals surface area contributed by atoms with E-state index in [9.17, 15) is 0 Å². The zero-order valence-electron chi connectivity index (χ0n) is 10.4. The zero-order valence-corrected chi connectivity index (χ0v) is 11.2. The number of thioether (sulfide) groups is 1. The highest BCUT2D eigenvalue weighted by molar-refractivity contribution is 7.98. The topological polar surface area (TPSA) is 12.5 Å². The molecule has 0 unspecified atom stereocenters. The lowest BCUT2D eigenvalue weighted by Gasteiger charge is -2.00. The predicted molar refractivity (Wildman–Crippen MR) is 65.8 cm³/mol. The Morgan fingerprint density at radius 2 is 1.38 bits per heavy atom. The van der Waals surface area contributed by atoms with Gasteiger partial charge in [-0.2, -0.15) is 11.8 Å². The van der Waals surface area contributed by atoms with Crippen LogP contribution >= 0.6 is 11.8 Å². The lowest BCUT2D eigenvalue weighted by Crippen LogP contribution is -2.08. The number of rotatable bonds is 3. The molecule has 0 spiro atoms. The first-order chi connectivity index (χ1) is 6.10. The Morgan fingerprint density at radius 3 is 1.38 bits per heavy atom. The van der Waals surface area contributed by atoms with Gasteiger partial charge in [0.2, 0.25) is 0 Å². The summed E-state index contributed by atoms with van der Waals surface area (Å²) in [6.07, 6.45) is 2.10. The van der Waals surface area contributed by atoms with Gasteiger partial charge >= 0.3 is 0 Å². The Bertz CT molecular complexity index is 52.9. The van der Waals surface area contributed by atoms with Crippen LogP contribution in [-0.2, 0) is 4.74 Å². The van der Waals surface area contributed by atoms with Crippen LogP contribution in [0.25, 0.3) is 0 Å². The molecule has 0 aliphatic heterocycles. The van der Waals surface area contributed by atoms with Crippen molar-refractivity contribution in [2.45, 2.75) is 20.8 Å². The summed E-state index contributed by atoms with van der Waals surface area (Å²) in [5, 5.41) is 0. The van der Waals surface area contributed by atoms with Crippen LogP contribution in [0.5, 0.6) is 0 Å². The van der Waals surface area contributed by atoms with Crippen molar-refractivity contribution >= 4 is 11.8 Å². The molecule has 0 aromatic carbocycles. The van der Waals surface area contributed by atoms with Crippen molar-refractivity contribution in [3.63, 3.8) is 0 Å². The van der Waals surface area contributed by atoms with E-state index in [1.165, 1.54) is 5.75 Å². The maximum atomic E-state index is 4.54. The van der Waals surface area contributed by atoms with Crippen molar-refractivity contribution in [1.82, 2.24) is 4.90 Å². The van der Waals surface area contributed by atoms with Crippen molar-refractivity contribution in [3.05, 3.63) is 0 Å². The van der Waals surface area contributed by atoms with E-state index in [4.69, 9.17) is 0 Å². The SMILES string of the molecule is CCN(C)C.CCOC.CCSC. The van der Waals surface area contributed by atoms with Crippen molar-refractivity contribution in [1.29, 1.82) is 0 Å². The van der Waals surface area contributed by atoms with Crippen LogP contribution in [0.15, 0.2) is 0 Å². The van der Waals surface area contributed by atoms with Gasteiger partial charge in [0.15, 0.2) is 0 Å². The van der Waals surface area contributed by atoms with Gasteiger partial charge < -0.3 is 9.64 Å². The van der Waals surface area contributed by atoms with Crippen molar-refractivity contribution < 1.29 is 4.74 Å². The van der Waals surface area contributed by atoms with Gasteiger partial charge in [-0.3, -0.25) is 0 Å². The molecule has 0 aliphatic rings. The summed E-state index contributed by atoms with van der Waals surface area (Å²) < 4.78 is 4.54. The molecule has 2 nitrogen and oxygen atoms in total. The molecule has 0 aromatic heterocycles. The normalized spacial score (nSPS) is 8.31. The molecular formula is C10H27NOS. The van der Waals surface area contributed by atoms with Crippen LogP contribution in [0.4, 0.5) is 0 Å². The molecule has 0 fully saturated rings. The minimum Gasteiger partial charge on any atom is -0.385 e. The molecule has 3 heteroatoms. The summed E-state index contributed by atoms with van der Waals surface area (Å²) in [5.74, 6) is 1.24. The Hall–Kier alpha value is 0.270. The van der Waals surface area contributed by atoms with Gasteiger partial charge in [0.1, 0.15) is 0 Å². The fourth-order valence-electron chi connectivity index (χ4n) is 0.